The summed E-state index contributed by atoms with van der Waals surface area (Å²) in [7, 11) is 1.99. The van der Waals surface area contributed by atoms with Gasteiger partial charge in [0.15, 0.2) is 5.01 Å². The number of hydrazine groups is 1. The lowest BCUT2D eigenvalue weighted by Gasteiger charge is -2.32. The smallest absolute Gasteiger partial charge is 0.426 e. The van der Waals surface area contributed by atoms with Gasteiger partial charge in [0, 0.05) is 39.0 Å². The van der Waals surface area contributed by atoms with E-state index in [-0.39, 0.29) is 23.9 Å². The fourth-order valence-corrected chi connectivity index (χ4v) is 3.85. The number of ether oxygens (including phenoxy) is 1. The van der Waals surface area contributed by atoms with E-state index in [1.807, 2.05) is 7.05 Å². The molecule has 1 saturated heterocycles. The summed E-state index contributed by atoms with van der Waals surface area (Å²) in [4.78, 5) is 45.1. The Balaban J connectivity index is 1.54. The third-order valence-electron chi connectivity index (χ3n) is 4.56. The third-order valence-corrected chi connectivity index (χ3v) is 5.63. The highest BCUT2D eigenvalue weighted by molar-refractivity contribution is 7.13. The number of hydrogen-bond acceptors (Lipinski definition) is 7. The number of amides is 3. The Morgan fingerprint density at radius 2 is 2.04 bits per heavy atom. The summed E-state index contributed by atoms with van der Waals surface area (Å²) in [5, 5.41) is 10.3. The predicted molar refractivity (Wildman–Crippen MR) is 96.4 cm³/mol. The number of carbonyl (C=O) groups excluding carboxylic acids is 2. The van der Waals surface area contributed by atoms with Crippen LogP contribution in [0.3, 0.4) is 0 Å². The van der Waals surface area contributed by atoms with Crippen LogP contribution in [0.15, 0.2) is 0 Å². The molecule has 3 heterocycles. The number of carbonyl (C=O) groups is 3. The SMILES string of the molecule is CN1CCN(C(=O)CCN(NC(=O)c2nc3c(s2)COCC3)C(=O)O)CC1. The summed E-state index contributed by atoms with van der Waals surface area (Å²) >= 11 is 1.20. The van der Waals surface area contributed by atoms with Gasteiger partial charge in [0.25, 0.3) is 5.91 Å². The molecule has 0 aromatic carbocycles. The van der Waals surface area contributed by atoms with Crippen LogP contribution in [0.5, 0.6) is 0 Å². The van der Waals surface area contributed by atoms with Crippen molar-refractivity contribution in [2.24, 2.45) is 0 Å². The Kier molecular flexibility index (Phi) is 6.24. The predicted octanol–water partition coefficient (Wildman–Crippen LogP) is 0.00470. The number of nitrogens with zero attached hydrogens (tertiary/aromatic N) is 4. The van der Waals surface area contributed by atoms with Crippen molar-refractivity contribution in [2.75, 3.05) is 46.4 Å². The molecule has 0 radical (unpaired) electrons. The molecule has 1 aromatic heterocycles. The summed E-state index contributed by atoms with van der Waals surface area (Å²) in [6.45, 7) is 3.71. The summed E-state index contributed by atoms with van der Waals surface area (Å²) < 4.78 is 5.33. The van der Waals surface area contributed by atoms with Gasteiger partial charge >= 0.3 is 6.09 Å². The largest absolute Gasteiger partial charge is 0.464 e. The van der Waals surface area contributed by atoms with Gasteiger partial charge in [0.2, 0.25) is 5.91 Å². The van der Waals surface area contributed by atoms with E-state index < -0.39 is 12.0 Å². The van der Waals surface area contributed by atoms with Crippen LogP contribution < -0.4 is 5.43 Å². The highest BCUT2D eigenvalue weighted by Crippen LogP contribution is 2.23. The molecule has 0 atom stereocenters. The van der Waals surface area contributed by atoms with E-state index in [1.165, 1.54) is 11.3 Å². The number of hydrogen-bond donors (Lipinski definition) is 2. The van der Waals surface area contributed by atoms with Crippen LogP contribution in [0.2, 0.25) is 0 Å². The minimum atomic E-state index is -1.32. The van der Waals surface area contributed by atoms with Crippen molar-refractivity contribution in [1.82, 2.24) is 25.2 Å². The number of fused-ring (bicyclic) bond motifs is 1. The highest BCUT2D eigenvalue weighted by atomic mass is 32.1. The van der Waals surface area contributed by atoms with Crippen LogP contribution in [0.1, 0.15) is 26.8 Å². The molecule has 0 spiro atoms. The molecule has 1 fully saturated rings. The maximum Gasteiger partial charge on any atom is 0.426 e. The van der Waals surface area contributed by atoms with Gasteiger partial charge in [0.05, 0.1) is 30.3 Å². The van der Waals surface area contributed by atoms with Gasteiger partial charge in [-0.1, -0.05) is 0 Å². The lowest BCUT2D eigenvalue weighted by Crippen LogP contribution is -2.50. The first-order valence-corrected chi connectivity index (χ1v) is 9.60. The molecule has 0 aliphatic carbocycles. The molecule has 2 aliphatic heterocycles. The fourth-order valence-electron chi connectivity index (χ4n) is 2.91. The zero-order chi connectivity index (χ0) is 19.4. The number of thiazole rings is 1. The van der Waals surface area contributed by atoms with Gasteiger partial charge in [0.1, 0.15) is 0 Å². The maximum atomic E-state index is 12.3. The monoisotopic (exact) mass is 397 g/mol. The zero-order valence-electron chi connectivity index (χ0n) is 15.1. The molecule has 1 aromatic rings. The number of aromatic nitrogens is 1. The van der Waals surface area contributed by atoms with Gasteiger partial charge in [-0.3, -0.25) is 15.0 Å². The molecule has 3 rings (SSSR count). The van der Waals surface area contributed by atoms with Gasteiger partial charge in [-0.05, 0) is 7.05 Å². The molecule has 0 saturated carbocycles. The standard InChI is InChI=1S/C16H23N5O5S/c1-19-5-7-20(8-6-19)13(22)2-4-21(16(24)25)18-14(23)15-17-11-3-9-26-10-12(11)27-15/h2-10H2,1H3,(H,18,23)(H,24,25). The van der Waals surface area contributed by atoms with E-state index in [1.54, 1.807) is 4.90 Å². The van der Waals surface area contributed by atoms with E-state index in [4.69, 9.17) is 4.74 Å². The Morgan fingerprint density at radius 3 is 2.70 bits per heavy atom. The van der Waals surface area contributed by atoms with Crippen molar-refractivity contribution in [1.29, 1.82) is 0 Å². The fraction of sp³-hybridized carbons (Fsp3) is 0.625. The Labute approximate surface area is 160 Å². The Hall–Kier alpha value is -2.24. The van der Waals surface area contributed by atoms with Crippen LogP contribution >= 0.6 is 11.3 Å². The highest BCUT2D eigenvalue weighted by Gasteiger charge is 2.24. The van der Waals surface area contributed by atoms with Crippen LogP contribution in [0.4, 0.5) is 4.79 Å². The van der Waals surface area contributed by atoms with Gasteiger partial charge < -0.3 is 19.6 Å². The first-order valence-electron chi connectivity index (χ1n) is 8.78. The normalized spacial score (nSPS) is 17.3. The molecule has 0 unspecified atom stereocenters. The topological polar surface area (TPSA) is 115 Å². The molecular weight excluding hydrogens is 374 g/mol. The van der Waals surface area contributed by atoms with E-state index in [0.29, 0.717) is 32.7 Å². The average Bonchev–Trinajstić information content (AvgIpc) is 3.09. The van der Waals surface area contributed by atoms with Crippen molar-refractivity contribution in [3.8, 4) is 0 Å². The van der Waals surface area contributed by atoms with Crippen molar-refractivity contribution < 1.29 is 24.2 Å². The molecule has 11 heteroatoms. The maximum absolute atomic E-state index is 12.3. The van der Waals surface area contributed by atoms with Crippen molar-refractivity contribution in [3.05, 3.63) is 15.6 Å². The average molecular weight is 397 g/mol. The van der Waals surface area contributed by atoms with Gasteiger partial charge in [-0.2, -0.15) is 0 Å². The second-order valence-electron chi connectivity index (χ2n) is 6.50. The Morgan fingerprint density at radius 1 is 1.30 bits per heavy atom. The number of rotatable bonds is 4. The molecule has 148 valence electrons. The molecular formula is C16H23N5O5S. The molecule has 2 aliphatic rings. The van der Waals surface area contributed by atoms with Gasteiger partial charge in [-0.15, -0.1) is 11.3 Å². The van der Waals surface area contributed by atoms with E-state index >= 15 is 0 Å². The lowest BCUT2D eigenvalue weighted by molar-refractivity contribution is -0.133. The molecule has 3 amide bonds. The summed E-state index contributed by atoms with van der Waals surface area (Å²) in [5.74, 6) is -0.714. The lowest BCUT2D eigenvalue weighted by atomic mass is 10.2. The first kappa shape index (κ1) is 19.5. The third kappa shape index (κ3) is 4.93. The minimum absolute atomic E-state index is 0.0124. The summed E-state index contributed by atoms with van der Waals surface area (Å²) in [6.07, 6.45) is -0.668. The van der Waals surface area contributed by atoms with E-state index in [2.05, 4.69) is 15.3 Å². The molecule has 27 heavy (non-hydrogen) atoms. The number of likely N-dealkylation sites (N-methyl/N-ethyl adjacent to an activating group) is 1. The molecule has 10 nitrogen and oxygen atoms in total. The number of piperazine rings is 1. The van der Waals surface area contributed by atoms with Crippen LogP contribution in [0.25, 0.3) is 0 Å². The van der Waals surface area contributed by atoms with Crippen molar-refractivity contribution in [3.63, 3.8) is 0 Å². The van der Waals surface area contributed by atoms with E-state index in [9.17, 15) is 19.5 Å². The second kappa shape index (κ2) is 8.63. The molecule has 2 N–H and O–H groups in total. The number of nitrogens with one attached hydrogen (secondary N) is 1. The van der Waals surface area contributed by atoms with E-state index in [0.717, 1.165) is 28.7 Å². The van der Waals surface area contributed by atoms with Crippen LogP contribution in [-0.4, -0.2) is 89.2 Å². The van der Waals surface area contributed by atoms with Gasteiger partial charge in [-0.25, -0.2) is 14.8 Å². The quantitative estimate of drug-likeness (QED) is 0.688. The summed E-state index contributed by atoms with van der Waals surface area (Å²) in [5.41, 5.74) is 3.15. The van der Waals surface area contributed by atoms with Crippen molar-refractivity contribution >= 4 is 29.2 Å². The summed E-state index contributed by atoms with van der Waals surface area (Å²) in [6, 6.07) is 0. The minimum Gasteiger partial charge on any atom is -0.464 e. The van der Waals surface area contributed by atoms with Crippen LogP contribution in [0, 0.1) is 0 Å². The molecule has 0 bridgehead atoms. The second-order valence-corrected chi connectivity index (χ2v) is 7.58. The zero-order valence-corrected chi connectivity index (χ0v) is 16.0. The number of carboxylic acid groups (broad SMARTS) is 1. The first-order chi connectivity index (χ1) is 12.9. The van der Waals surface area contributed by atoms with Crippen LogP contribution in [-0.2, 0) is 22.6 Å². The Bertz CT molecular complexity index is 693. The van der Waals surface area contributed by atoms with Crippen molar-refractivity contribution in [2.45, 2.75) is 19.4 Å².